The standard InChI is InChI=1S/C24H24F3N3O4S/c1-35(32,33)30-17-4-2-3-15(11-17)23(31)14-28-9-10-34-18-6-8-20-19-7-5-16(24(25,26)27)12-21(19)29-22(20)13-18/h2-8,11-13,23,28-31H,9-10,14H2,1H3/t23-/m1/s1. The first-order chi connectivity index (χ1) is 16.5. The zero-order chi connectivity index (χ0) is 25.2. The molecule has 0 amide bonds. The highest BCUT2D eigenvalue weighted by Gasteiger charge is 2.30. The second-order valence-corrected chi connectivity index (χ2v) is 9.91. The molecular formula is C24H24F3N3O4S. The maximum absolute atomic E-state index is 13.0. The summed E-state index contributed by atoms with van der Waals surface area (Å²) in [7, 11) is -3.41. The van der Waals surface area contributed by atoms with Crippen molar-refractivity contribution >= 4 is 37.5 Å². The summed E-state index contributed by atoms with van der Waals surface area (Å²) in [5, 5.41) is 14.9. The monoisotopic (exact) mass is 507 g/mol. The highest BCUT2D eigenvalue weighted by molar-refractivity contribution is 7.92. The number of aromatic amines is 1. The molecule has 0 aliphatic carbocycles. The molecule has 0 saturated carbocycles. The number of ether oxygens (including phenoxy) is 1. The minimum Gasteiger partial charge on any atom is -0.492 e. The number of hydrogen-bond acceptors (Lipinski definition) is 5. The Morgan fingerprint density at radius 2 is 1.74 bits per heavy atom. The molecule has 0 aliphatic rings. The second-order valence-electron chi connectivity index (χ2n) is 8.16. The highest BCUT2D eigenvalue weighted by atomic mass is 32.2. The Morgan fingerprint density at radius 1 is 1.03 bits per heavy atom. The number of anilines is 1. The van der Waals surface area contributed by atoms with Crippen LogP contribution in [-0.2, 0) is 16.2 Å². The smallest absolute Gasteiger partial charge is 0.416 e. The zero-order valence-electron chi connectivity index (χ0n) is 18.7. The molecular weight excluding hydrogens is 483 g/mol. The number of H-pyrrole nitrogens is 1. The number of rotatable bonds is 9. The van der Waals surface area contributed by atoms with E-state index < -0.39 is 27.9 Å². The average Bonchev–Trinajstić information content (AvgIpc) is 3.14. The summed E-state index contributed by atoms with van der Waals surface area (Å²) in [5.41, 5.74) is 1.29. The van der Waals surface area contributed by atoms with Gasteiger partial charge in [0.2, 0.25) is 10.0 Å². The van der Waals surface area contributed by atoms with E-state index in [0.717, 1.165) is 23.8 Å². The Morgan fingerprint density at radius 3 is 2.46 bits per heavy atom. The van der Waals surface area contributed by atoms with Crippen LogP contribution in [-0.4, -0.2) is 44.5 Å². The lowest BCUT2D eigenvalue weighted by Gasteiger charge is -2.14. The minimum atomic E-state index is -4.41. The van der Waals surface area contributed by atoms with Crippen molar-refractivity contribution in [1.82, 2.24) is 10.3 Å². The third-order valence-electron chi connectivity index (χ3n) is 5.36. The number of halogens is 3. The average molecular weight is 508 g/mol. The molecule has 3 aromatic carbocycles. The fraction of sp³-hybridized carbons (Fsp3) is 0.250. The van der Waals surface area contributed by atoms with Gasteiger partial charge in [-0.1, -0.05) is 18.2 Å². The van der Waals surface area contributed by atoms with E-state index in [1.54, 1.807) is 42.5 Å². The zero-order valence-corrected chi connectivity index (χ0v) is 19.5. The number of fused-ring (bicyclic) bond motifs is 3. The van der Waals surface area contributed by atoms with Crippen LogP contribution in [0.5, 0.6) is 5.75 Å². The molecule has 0 spiro atoms. The number of sulfonamides is 1. The molecule has 7 nitrogen and oxygen atoms in total. The van der Waals surface area contributed by atoms with E-state index in [0.29, 0.717) is 46.6 Å². The Hall–Kier alpha value is -3.28. The van der Waals surface area contributed by atoms with E-state index in [9.17, 15) is 26.7 Å². The van der Waals surface area contributed by atoms with Crippen molar-refractivity contribution in [2.24, 2.45) is 0 Å². The van der Waals surface area contributed by atoms with E-state index in [1.807, 2.05) is 0 Å². The summed E-state index contributed by atoms with van der Waals surface area (Å²) in [4.78, 5) is 3.01. The van der Waals surface area contributed by atoms with Crippen molar-refractivity contribution in [3.63, 3.8) is 0 Å². The highest BCUT2D eigenvalue weighted by Crippen LogP contribution is 2.34. The lowest BCUT2D eigenvalue weighted by Crippen LogP contribution is -2.26. The Bertz CT molecular complexity index is 1450. The lowest BCUT2D eigenvalue weighted by atomic mass is 10.1. The first kappa shape index (κ1) is 24.8. The van der Waals surface area contributed by atoms with Crippen LogP contribution >= 0.6 is 0 Å². The third kappa shape index (κ3) is 6.24. The van der Waals surface area contributed by atoms with Gasteiger partial charge in [0.1, 0.15) is 12.4 Å². The van der Waals surface area contributed by atoms with Crippen LogP contribution in [0.2, 0.25) is 0 Å². The Labute approximate surface area is 200 Å². The molecule has 0 fully saturated rings. The van der Waals surface area contributed by atoms with Crippen LogP contribution in [0.25, 0.3) is 21.8 Å². The number of aliphatic hydroxyl groups excluding tert-OH is 1. The van der Waals surface area contributed by atoms with Gasteiger partial charge in [0.05, 0.1) is 23.4 Å². The predicted molar refractivity (Wildman–Crippen MR) is 129 cm³/mol. The largest absolute Gasteiger partial charge is 0.492 e. The third-order valence-corrected chi connectivity index (χ3v) is 5.96. The van der Waals surface area contributed by atoms with E-state index >= 15 is 0 Å². The molecule has 35 heavy (non-hydrogen) atoms. The molecule has 0 aliphatic heterocycles. The lowest BCUT2D eigenvalue weighted by molar-refractivity contribution is -0.137. The number of nitrogens with one attached hydrogen (secondary N) is 3. The predicted octanol–water partition coefficient (Wildman–Crippen LogP) is 4.41. The van der Waals surface area contributed by atoms with E-state index in [1.165, 1.54) is 6.07 Å². The van der Waals surface area contributed by atoms with Crippen LogP contribution in [0.3, 0.4) is 0 Å². The normalized spacial score (nSPS) is 13.3. The van der Waals surface area contributed by atoms with Crippen molar-refractivity contribution < 1.29 is 31.4 Å². The van der Waals surface area contributed by atoms with Gasteiger partial charge in [0, 0.05) is 41.1 Å². The molecule has 1 heterocycles. The molecule has 4 rings (SSSR count). The topological polar surface area (TPSA) is 103 Å². The fourth-order valence-corrected chi connectivity index (χ4v) is 4.33. The van der Waals surface area contributed by atoms with Crippen molar-refractivity contribution in [1.29, 1.82) is 0 Å². The number of aromatic nitrogens is 1. The quantitative estimate of drug-likeness (QED) is 0.251. The van der Waals surface area contributed by atoms with Gasteiger partial charge < -0.3 is 20.1 Å². The van der Waals surface area contributed by atoms with Crippen LogP contribution in [0.1, 0.15) is 17.2 Å². The maximum Gasteiger partial charge on any atom is 0.416 e. The van der Waals surface area contributed by atoms with E-state index in [2.05, 4.69) is 15.0 Å². The van der Waals surface area contributed by atoms with Gasteiger partial charge in [-0.15, -0.1) is 0 Å². The number of aliphatic hydroxyl groups is 1. The molecule has 4 N–H and O–H groups in total. The molecule has 0 bridgehead atoms. The van der Waals surface area contributed by atoms with Gasteiger partial charge in [0.15, 0.2) is 0 Å². The molecule has 186 valence electrons. The summed E-state index contributed by atoms with van der Waals surface area (Å²) < 4.78 is 69.8. The fourth-order valence-electron chi connectivity index (χ4n) is 3.78. The molecule has 0 radical (unpaired) electrons. The molecule has 0 saturated heterocycles. The van der Waals surface area contributed by atoms with Crippen molar-refractivity contribution in [2.75, 3.05) is 30.7 Å². The molecule has 1 aromatic heterocycles. The van der Waals surface area contributed by atoms with E-state index in [4.69, 9.17) is 4.74 Å². The Kier molecular flexibility index (Phi) is 6.93. The van der Waals surface area contributed by atoms with Crippen molar-refractivity contribution in [3.8, 4) is 5.75 Å². The van der Waals surface area contributed by atoms with Gasteiger partial charge in [-0.2, -0.15) is 13.2 Å². The molecule has 4 aromatic rings. The first-order valence-electron chi connectivity index (χ1n) is 10.7. The Balaban J connectivity index is 1.31. The summed E-state index contributed by atoms with van der Waals surface area (Å²) in [6, 6.07) is 15.4. The van der Waals surface area contributed by atoms with Gasteiger partial charge in [-0.3, -0.25) is 4.72 Å². The van der Waals surface area contributed by atoms with Crippen LogP contribution < -0.4 is 14.8 Å². The summed E-state index contributed by atoms with van der Waals surface area (Å²) in [5.74, 6) is 0.557. The summed E-state index contributed by atoms with van der Waals surface area (Å²) in [6.45, 7) is 0.957. The first-order valence-corrected chi connectivity index (χ1v) is 12.6. The van der Waals surface area contributed by atoms with Gasteiger partial charge in [0.25, 0.3) is 0 Å². The van der Waals surface area contributed by atoms with Crippen LogP contribution in [0.4, 0.5) is 18.9 Å². The van der Waals surface area contributed by atoms with Crippen molar-refractivity contribution in [2.45, 2.75) is 12.3 Å². The van der Waals surface area contributed by atoms with Crippen molar-refractivity contribution in [3.05, 3.63) is 71.8 Å². The SMILES string of the molecule is CS(=O)(=O)Nc1cccc([C@H](O)CNCCOc2ccc3c(c2)[nH]c2cc(C(F)(F)F)ccc23)c1. The molecule has 1 atom stereocenters. The number of alkyl halides is 3. The summed E-state index contributed by atoms with van der Waals surface area (Å²) in [6.07, 6.45) is -4.20. The number of hydrogen-bond donors (Lipinski definition) is 4. The second kappa shape index (κ2) is 9.76. The minimum absolute atomic E-state index is 0.230. The van der Waals surface area contributed by atoms with Gasteiger partial charge in [-0.05, 0) is 42.0 Å². The number of benzene rings is 3. The van der Waals surface area contributed by atoms with Crippen LogP contribution in [0, 0.1) is 0 Å². The van der Waals surface area contributed by atoms with Crippen LogP contribution in [0.15, 0.2) is 60.7 Å². The van der Waals surface area contributed by atoms with Gasteiger partial charge >= 0.3 is 6.18 Å². The maximum atomic E-state index is 13.0. The summed E-state index contributed by atoms with van der Waals surface area (Å²) >= 11 is 0. The molecule has 0 unspecified atom stereocenters. The van der Waals surface area contributed by atoms with E-state index in [-0.39, 0.29) is 6.54 Å². The molecule has 11 heteroatoms. The van der Waals surface area contributed by atoms with Gasteiger partial charge in [-0.25, -0.2) is 8.42 Å².